The molecule has 1 unspecified atom stereocenters. The molecule has 0 saturated heterocycles. The van der Waals surface area contributed by atoms with Crippen LogP contribution < -0.4 is 11.5 Å². The zero-order chi connectivity index (χ0) is 21.5. The van der Waals surface area contributed by atoms with Crippen LogP contribution in [0.1, 0.15) is 67.7 Å². The number of aliphatic hydroxyl groups is 1. The second kappa shape index (κ2) is 25.3. The fourth-order valence-corrected chi connectivity index (χ4v) is 1.32. The minimum atomic E-state index is -0.540. The molecule has 0 aliphatic heterocycles. The molecule has 0 spiro atoms. The standard InChI is InChI=1S/C13H22N4O.C4H10.C2H6.CH3F/c1-5-11(17-13(15)16-8-14)9(3)7-10(4)12(18)6-2;1-3-4-2;2*1-2/h5,7-8,12,18H,4,6H2,1-3H3,(H4,14,15,16,17);3-4H2,1-2H3;1-2H3;1H3/b9-7-,11-5+;;;. The number of hydrogen-bond acceptors (Lipinski definition) is 2. The van der Waals surface area contributed by atoms with Crippen molar-refractivity contribution in [2.24, 2.45) is 21.5 Å². The summed E-state index contributed by atoms with van der Waals surface area (Å²) in [4.78, 5) is 7.78. The maximum atomic E-state index is 9.63. The van der Waals surface area contributed by atoms with Crippen LogP contribution in [-0.2, 0) is 0 Å². The molecule has 0 bridgehead atoms. The third-order valence-corrected chi connectivity index (χ3v) is 2.84. The molecule has 0 fully saturated rings. The van der Waals surface area contributed by atoms with Crippen molar-refractivity contribution in [2.45, 2.75) is 73.8 Å². The fourth-order valence-electron chi connectivity index (χ4n) is 1.32. The molecular weight excluding hydrogens is 331 g/mol. The van der Waals surface area contributed by atoms with Crippen molar-refractivity contribution in [1.82, 2.24) is 0 Å². The zero-order valence-corrected chi connectivity index (χ0v) is 18.0. The summed E-state index contributed by atoms with van der Waals surface area (Å²) >= 11 is 0. The number of allylic oxidation sites excluding steroid dienone is 2. The molecule has 6 heteroatoms. The van der Waals surface area contributed by atoms with Crippen LogP contribution in [0.5, 0.6) is 0 Å². The number of halogens is 1. The third kappa shape index (κ3) is 20.1. The molecule has 0 rings (SSSR count). The molecule has 5 N–H and O–H groups in total. The van der Waals surface area contributed by atoms with E-state index in [1.165, 1.54) is 12.8 Å². The Morgan fingerprint density at radius 3 is 1.96 bits per heavy atom. The van der Waals surface area contributed by atoms with E-state index in [1.54, 1.807) is 12.2 Å². The monoisotopic (exact) mass is 372 g/mol. The topological polar surface area (TPSA) is 97.0 Å². The molecule has 0 aliphatic rings. The van der Waals surface area contributed by atoms with Gasteiger partial charge in [-0.05, 0) is 31.4 Å². The van der Waals surface area contributed by atoms with Gasteiger partial charge in [0.2, 0.25) is 5.96 Å². The smallest absolute Gasteiger partial charge is 0.221 e. The van der Waals surface area contributed by atoms with Gasteiger partial charge in [-0.1, -0.05) is 66.2 Å². The predicted octanol–water partition coefficient (Wildman–Crippen LogP) is 4.88. The lowest BCUT2D eigenvalue weighted by Gasteiger charge is -2.09. The Bertz CT molecular complexity index is 439. The molecule has 0 saturated carbocycles. The first-order valence-electron chi connectivity index (χ1n) is 9.05. The highest BCUT2D eigenvalue weighted by molar-refractivity contribution is 5.86. The summed E-state index contributed by atoms with van der Waals surface area (Å²) in [5.74, 6) is 0.0833. The van der Waals surface area contributed by atoms with E-state index >= 15 is 0 Å². The van der Waals surface area contributed by atoms with Gasteiger partial charge in [0.25, 0.3) is 0 Å². The Balaban J connectivity index is -0.000000258. The second-order valence-corrected chi connectivity index (χ2v) is 4.75. The lowest BCUT2D eigenvalue weighted by molar-refractivity contribution is 0.211. The Labute approximate surface area is 160 Å². The number of hydrogen-bond donors (Lipinski definition) is 3. The van der Waals surface area contributed by atoms with Crippen molar-refractivity contribution in [2.75, 3.05) is 7.18 Å². The largest absolute Gasteiger partial charge is 0.390 e. The van der Waals surface area contributed by atoms with Crippen LogP contribution in [0.25, 0.3) is 0 Å². The lowest BCUT2D eigenvalue weighted by Crippen LogP contribution is -2.11. The van der Waals surface area contributed by atoms with Crippen LogP contribution in [-0.4, -0.2) is 30.7 Å². The first kappa shape index (κ1) is 31.8. The summed E-state index contributed by atoms with van der Waals surface area (Å²) in [6.45, 7) is 17.8. The summed E-state index contributed by atoms with van der Waals surface area (Å²) < 4.78 is 9.50. The van der Waals surface area contributed by atoms with E-state index in [0.717, 1.165) is 11.9 Å². The minimum Gasteiger partial charge on any atom is -0.390 e. The number of guanidine groups is 1. The molecule has 0 aromatic heterocycles. The van der Waals surface area contributed by atoms with Crippen molar-refractivity contribution < 1.29 is 9.50 Å². The highest BCUT2D eigenvalue weighted by atomic mass is 19.1. The summed E-state index contributed by atoms with van der Waals surface area (Å²) in [6.07, 6.45) is 7.39. The highest BCUT2D eigenvalue weighted by Crippen LogP contribution is 2.15. The molecular formula is C20H41FN4O. The average molecular weight is 373 g/mol. The molecule has 5 nitrogen and oxygen atoms in total. The zero-order valence-electron chi connectivity index (χ0n) is 18.0. The van der Waals surface area contributed by atoms with Gasteiger partial charge < -0.3 is 16.6 Å². The van der Waals surface area contributed by atoms with Gasteiger partial charge in [-0.3, -0.25) is 4.39 Å². The fraction of sp³-hybridized carbons (Fsp3) is 0.600. The van der Waals surface area contributed by atoms with Crippen molar-refractivity contribution in [3.05, 3.63) is 35.6 Å². The van der Waals surface area contributed by atoms with Gasteiger partial charge in [0, 0.05) is 0 Å². The molecule has 0 amide bonds. The SMILES string of the molecule is C=C(\C=C(C)/C(=C\C)/N=C(N)\N=C/N)C(O)CC.CC.CCCC.CF. The number of aliphatic imine (C=N–C) groups is 2. The summed E-state index contributed by atoms with van der Waals surface area (Å²) in [7, 11) is 0.500. The molecule has 0 aromatic carbocycles. The van der Waals surface area contributed by atoms with E-state index < -0.39 is 6.10 Å². The molecule has 0 aromatic rings. The normalized spacial score (nSPS) is 12.8. The van der Waals surface area contributed by atoms with Gasteiger partial charge in [0.05, 0.1) is 25.3 Å². The van der Waals surface area contributed by atoms with Gasteiger partial charge in [-0.25, -0.2) is 9.98 Å². The van der Waals surface area contributed by atoms with Crippen LogP contribution in [0.3, 0.4) is 0 Å². The Hall–Kier alpha value is -1.95. The van der Waals surface area contributed by atoms with Gasteiger partial charge in [0.1, 0.15) is 0 Å². The van der Waals surface area contributed by atoms with Gasteiger partial charge in [0.15, 0.2) is 0 Å². The molecule has 0 radical (unpaired) electrons. The van der Waals surface area contributed by atoms with Gasteiger partial charge >= 0.3 is 0 Å². The molecule has 0 aliphatic carbocycles. The third-order valence-electron chi connectivity index (χ3n) is 2.84. The van der Waals surface area contributed by atoms with Crippen molar-refractivity contribution >= 4 is 12.3 Å². The maximum Gasteiger partial charge on any atom is 0.221 e. The highest BCUT2D eigenvalue weighted by Gasteiger charge is 2.05. The molecule has 26 heavy (non-hydrogen) atoms. The minimum absolute atomic E-state index is 0.0833. The van der Waals surface area contributed by atoms with Crippen LogP contribution in [0, 0.1) is 0 Å². The van der Waals surface area contributed by atoms with E-state index in [2.05, 4.69) is 30.4 Å². The van der Waals surface area contributed by atoms with E-state index in [1.807, 2.05) is 34.6 Å². The quantitative estimate of drug-likeness (QED) is 0.352. The number of unbranched alkanes of at least 4 members (excludes halogenated alkanes) is 1. The number of nitrogens with zero attached hydrogens (tertiary/aromatic N) is 2. The van der Waals surface area contributed by atoms with Crippen LogP contribution in [0.4, 0.5) is 4.39 Å². The summed E-state index contributed by atoms with van der Waals surface area (Å²) in [6, 6.07) is 0. The second-order valence-electron chi connectivity index (χ2n) is 4.75. The average Bonchev–Trinajstić information content (AvgIpc) is 2.68. The predicted molar refractivity (Wildman–Crippen MR) is 116 cm³/mol. The first-order chi connectivity index (χ1) is 12.4. The van der Waals surface area contributed by atoms with Crippen LogP contribution in [0.15, 0.2) is 45.6 Å². The van der Waals surface area contributed by atoms with Crippen LogP contribution in [0.2, 0.25) is 0 Å². The van der Waals surface area contributed by atoms with E-state index in [9.17, 15) is 9.50 Å². The Morgan fingerprint density at radius 2 is 1.65 bits per heavy atom. The van der Waals surface area contributed by atoms with E-state index in [0.29, 0.717) is 24.9 Å². The molecule has 0 heterocycles. The van der Waals surface area contributed by atoms with Gasteiger partial charge in [-0.15, -0.1) is 0 Å². The number of alkyl halides is 1. The molecule has 154 valence electrons. The van der Waals surface area contributed by atoms with E-state index in [4.69, 9.17) is 11.5 Å². The Kier molecular flexibility index (Phi) is 30.9. The summed E-state index contributed by atoms with van der Waals surface area (Å²) in [5.41, 5.74) is 12.8. The first-order valence-corrected chi connectivity index (χ1v) is 9.05. The summed E-state index contributed by atoms with van der Waals surface area (Å²) in [5, 5.41) is 9.63. The maximum absolute atomic E-state index is 9.63. The molecule has 1 atom stereocenters. The number of rotatable bonds is 6. The van der Waals surface area contributed by atoms with Crippen molar-refractivity contribution in [3.8, 4) is 0 Å². The number of nitrogens with two attached hydrogens (primary N) is 2. The van der Waals surface area contributed by atoms with Crippen molar-refractivity contribution in [1.29, 1.82) is 0 Å². The Morgan fingerprint density at radius 1 is 1.19 bits per heavy atom. The van der Waals surface area contributed by atoms with Crippen molar-refractivity contribution in [3.63, 3.8) is 0 Å². The van der Waals surface area contributed by atoms with Gasteiger partial charge in [-0.2, -0.15) is 0 Å². The van der Waals surface area contributed by atoms with Crippen LogP contribution >= 0.6 is 0 Å². The number of aliphatic hydroxyl groups excluding tert-OH is 1. The lowest BCUT2D eigenvalue weighted by atomic mass is 10.1. The van der Waals surface area contributed by atoms with E-state index in [-0.39, 0.29) is 5.96 Å².